The molecule has 1 aliphatic rings. The second-order valence-corrected chi connectivity index (χ2v) is 6.83. The fourth-order valence-corrected chi connectivity index (χ4v) is 3.75. The molecular formula is C21H19FN2O2. The molecule has 0 bridgehead atoms. The third kappa shape index (κ3) is 3.25. The highest BCUT2D eigenvalue weighted by Gasteiger charge is 2.27. The molecule has 5 heteroatoms. The van der Waals surface area contributed by atoms with Gasteiger partial charge < -0.3 is 10.3 Å². The average molecular weight is 350 g/mol. The zero-order valence-corrected chi connectivity index (χ0v) is 14.2. The molecule has 1 fully saturated rings. The summed E-state index contributed by atoms with van der Waals surface area (Å²) >= 11 is 0. The number of nitrogens with one attached hydrogen (secondary N) is 2. The quantitative estimate of drug-likeness (QED) is 0.756. The first-order valence-corrected chi connectivity index (χ1v) is 8.78. The highest BCUT2D eigenvalue weighted by atomic mass is 19.1. The summed E-state index contributed by atoms with van der Waals surface area (Å²) in [6.07, 6.45) is 2.63. The number of amides is 1. The number of rotatable bonds is 3. The minimum absolute atomic E-state index is 0.0486. The Morgan fingerprint density at radius 1 is 1.08 bits per heavy atom. The first kappa shape index (κ1) is 16.5. The van der Waals surface area contributed by atoms with Gasteiger partial charge in [0.25, 0.3) is 11.5 Å². The molecule has 3 aromatic rings. The van der Waals surface area contributed by atoms with Crippen molar-refractivity contribution in [2.75, 3.05) is 0 Å². The van der Waals surface area contributed by atoms with E-state index in [2.05, 4.69) is 10.3 Å². The van der Waals surface area contributed by atoms with Crippen LogP contribution in [0.1, 0.15) is 41.2 Å². The van der Waals surface area contributed by atoms with E-state index in [1.807, 2.05) is 24.3 Å². The van der Waals surface area contributed by atoms with Gasteiger partial charge in [0.2, 0.25) is 0 Å². The monoisotopic (exact) mass is 350 g/mol. The summed E-state index contributed by atoms with van der Waals surface area (Å²) in [5.74, 6) is -0.189. The minimum atomic E-state index is -0.266. The first-order valence-electron chi connectivity index (χ1n) is 8.78. The molecule has 1 saturated carbocycles. The van der Waals surface area contributed by atoms with Crippen LogP contribution in [0.25, 0.3) is 10.8 Å². The maximum Gasteiger partial charge on any atom is 0.268 e. The molecule has 1 aromatic heterocycles. The first-order chi connectivity index (χ1) is 12.6. The van der Waals surface area contributed by atoms with Gasteiger partial charge in [0, 0.05) is 11.4 Å². The van der Waals surface area contributed by atoms with Gasteiger partial charge in [-0.15, -0.1) is 0 Å². The normalized spacial score (nSPS) is 19.6. The summed E-state index contributed by atoms with van der Waals surface area (Å²) in [5, 5.41) is 4.33. The molecule has 1 aliphatic carbocycles. The molecular weight excluding hydrogens is 331 g/mol. The number of hydrogen-bond donors (Lipinski definition) is 2. The fourth-order valence-electron chi connectivity index (χ4n) is 3.75. The maximum atomic E-state index is 13.1. The number of H-pyrrole nitrogens is 1. The van der Waals surface area contributed by atoms with Crippen LogP contribution in [-0.4, -0.2) is 16.9 Å². The Balaban J connectivity index is 1.47. The van der Waals surface area contributed by atoms with Crippen LogP contribution < -0.4 is 10.9 Å². The van der Waals surface area contributed by atoms with Crippen LogP contribution in [0.4, 0.5) is 4.39 Å². The van der Waals surface area contributed by atoms with Crippen molar-refractivity contribution in [3.63, 3.8) is 0 Å². The molecule has 0 saturated heterocycles. The van der Waals surface area contributed by atoms with Crippen LogP contribution in [-0.2, 0) is 0 Å². The van der Waals surface area contributed by atoms with Crippen LogP contribution in [0.3, 0.4) is 0 Å². The van der Waals surface area contributed by atoms with E-state index in [9.17, 15) is 14.0 Å². The highest BCUT2D eigenvalue weighted by Crippen LogP contribution is 2.34. The Bertz CT molecular complexity index is 1010. The molecule has 26 heavy (non-hydrogen) atoms. The highest BCUT2D eigenvalue weighted by molar-refractivity contribution is 5.96. The molecule has 4 rings (SSSR count). The molecule has 2 N–H and O–H groups in total. The van der Waals surface area contributed by atoms with E-state index in [4.69, 9.17) is 0 Å². The van der Waals surface area contributed by atoms with Crippen LogP contribution in [0.2, 0.25) is 0 Å². The minimum Gasteiger partial charge on any atom is -0.348 e. The average Bonchev–Trinajstić information content (AvgIpc) is 3.10. The lowest BCUT2D eigenvalue weighted by Gasteiger charge is -2.14. The van der Waals surface area contributed by atoms with Gasteiger partial charge in [-0.3, -0.25) is 9.59 Å². The smallest absolute Gasteiger partial charge is 0.268 e. The molecule has 132 valence electrons. The van der Waals surface area contributed by atoms with Crippen LogP contribution in [0, 0.1) is 5.82 Å². The van der Waals surface area contributed by atoms with Crippen molar-refractivity contribution in [2.45, 2.75) is 31.2 Å². The van der Waals surface area contributed by atoms with Gasteiger partial charge in [-0.2, -0.15) is 0 Å². The van der Waals surface area contributed by atoms with Gasteiger partial charge in [-0.1, -0.05) is 30.3 Å². The predicted molar refractivity (Wildman–Crippen MR) is 98.8 cm³/mol. The molecule has 0 aliphatic heterocycles. The lowest BCUT2D eigenvalue weighted by molar-refractivity contribution is 0.0932. The number of hydrogen-bond acceptors (Lipinski definition) is 2. The van der Waals surface area contributed by atoms with Crippen molar-refractivity contribution in [1.29, 1.82) is 0 Å². The largest absolute Gasteiger partial charge is 0.348 e. The second kappa shape index (κ2) is 6.75. The van der Waals surface area contributed by atoms with E-state index < -0.39 is 0 Å². The number of carbonyl (C=O) groups excluding carboxylic acids is 1. The summed E-state index contributed by atoms with van der Waals surface area (Å²) in [7, 11) is 0. The van der Waals surface area contributed by atoms with Gasteiger partial charge in [0.15, 0.2) is 0 Å². The van der Waals surface area contributed by atoms with E-state index in [1.165, 1.54) is 12.1 Å². The maximum absolute atomic E-state index is 13.1. The van der Waals surface area contributed by atoms with Gasteiger partial charge in [-0.25, -0.2) is 4.39 Å². The lowest BCUT2D eigenvalue weighted by atomic mass is 9.97. The summed E-state index contributed by atoms with van der Waals surface area (Å²) in [6, 6.07) is 15.5. The zero-order valence-electron chi connectivity index (χ0n) is 14.2. The summed E-state index contributed by atoms with van der Waals surface area (Å²) in [5.41, 5.74) is 1.12. The summed E-state index contributed by atoms with van der Waals surface area (Å²) in [6.45, 7) is 0. The van der Waals surface area contributed by atoms with Gasteiger partial charge >= 0.3 is 0 Å². The van der Waals surface area contributed by atoms with Crippen LogP contribution >= 0.6 is 0 Å². The van der Waals surface area contributed by atoms with Crippen molar-refractivity contribution in [3.8, 4) is 0 Å². The van der Waals surface area contributed by atoms with Gasteiger partial charge in [0.1, 0.15) is 11.5 Å². The topological polar surface area (TPSA) is 62.0 Å². The van der Waals surface area contributed by atoms with Gasteiger partial charge in [0.05, 0.1) is 0 Å². The molecule has 0 spiro atoms. The zero-order chi connectivity index (χ0) is 18.1. The summed E-state index contributed by atoms with van der Waals surface area (Å²) < 4.78 is 13.1. The SMILES string of the molecule is O=C(NC1CCC(c2ccc(F)cc2)C1)c1cc2ccccc2c(=O)[nH]1. The number of pyridine rings is 1. The Labute approximate surface area is 150 Å². The van der Waals surface area contributed by atoms with Crippen molar-refractivity contribution in [2.24, 2.45) is 0 Å². The number of aromatic nitrogens is 1. The van der Waals surface area contributed by atoms with Crippen molar-refractivity contribution in [3.05, 3.63) is 82.0 Å². The Hall–Kier alpha value is -2.95. The molecule has 4 nitrogen and oxygen atoms in total. The number of aromatic amines is 1. The van der Waals surface area contributed by atoms with Crippen molar-refractivity contribution in [1.82, 2.24) is 10.3 Å². The number of benzene rings is 2. The fraction of sp³-hybridized carbons (Fsp3) is 0.238. The van der Waals surface area contributed by atoms with E-state index in [1.54, 1.807) is 18.2 Å². The van der Waals surface area contributed by atoms with E-state index in [-0.39, 0.29) is 29.0 Å². The molecule has 1 heterocycles. The van der Waals surface area contributed by atoms with Crippen molar-refractivity contribution >= 4 is 16.7 Å². The second-order valence-electron chi connectivity index (χ2n) is 6.83. The predicted octanol–water partition coefficient (Wildman–Crippen LogP) is 3.73. The van der Waals surface area contributed by atoms with Crippen LogP contribution in [0.15, 0.2) is 59.4 Å². The number of carbonyl (C=O) groups is 1. The Morgan fingerprint density at radius 3 is 2.65 bits per heavy atom. The third-order valence-electron chi connectivity index (χ3n) is 5.11. The molecule has 1 amide bonds. The third-order valence-corrected chi connectivity index (χ3v) is 5.11. The molecule has 2 aromatic carbocycles. The lowest BCUT2D eigenvalue weighted by Crippen LogP contribution is -2.34. The molecule has 2 unspecified atom stereocenters. The van der Waals surface area contributed by atoms with E-state index in [0.717, 1.165) is 30.2 Å². The standard InChI is InChI=1S/C21H19FN2O2/c22-16-8-5-13(6-9-16)14-7-10-17(11-14)23-21(26)19-12-15-3-1-2-4-18(15)20(25)24-19/h1-6,8-9,12,14,17H,7,10-11H2,(H,23,26)(H,24,25). The Morgan fingerprint density at radius 2 is 1.85 bits per heavy atom. The van der Waals surface area contributed by atoms with E-state index in [0.29, 0.717) is 11.3 Å². The Kier molecular flexibility index (Phi) is 4.29. The van der Waals surface area contributed by atoms with Crippen molar-refractivity contribution < 1.29 is 9.18 Å². The number of halogens is 1. The number of fused-ring (bicyclic) bond motifs is 1. The van der Waals surface area contributed by atoms with Crippen LogP contribution in [0.5, 0.6) is 0 Å². The molecule has 0 radical (unpaired) electrons. The van der Waals surface area contributed by atoms with E-state index >= 15 is 0 Å². The van der Waals surface area contributed by atoms with Gasteiger partial charge in [-0.05, 0) is 60.4 Å². The molecule has 2 atom stereocenters. The summed E-state index contributed by atoms with van der Waals surface area (Å²) in [4.78, 5) is 27.4.